The minimum absolute atomic E-state index is 0.269. The van der Waals surface area contributed by atoms with E-state index in [1.165, 1.54) is 12.1 Å². The van der Waals surface area contributed by atoms with Crippen molar-refractivity contribution in [1.82, 2.24) is 5.32 Å². The Labute approximate surface area is 99.8 Å². The Morgan fingerprint density at radius 1 is 1.50 bits per heavy atom. The molecule has 2 nitrogen and oxygen atoms in total. The molecule has 0 spiro atoms. The Bertz CT molecular complexity index is 379. The zero-order valence-electron chi connectivity index (χ0n) is 9.39. The van der Waals surface area contributed by atoms with Crippen LogP contribution >= 0.6 is 11.6 Å². The molecule has 88 valence electrons. The fourth-order valence-electron chi connectivity index (χ4n) is 1.55. The number of benzene rings is 1. The fraction of sp³-hybridized carbons (Fsp3) is 0.417. The molecule has 0 bridgehead atoms. The van der Waals surface area contributed by atoms with E-state index in [4.69, 9.17) is 11.6 Å². The summed E-state index contributed by atoms with van der Waals surface area (Å²) in [5.74, 6) is -0.276. The van der Waals surface area contributed by atoms with Crippen molar-refractivity contribution >= 4 is 17.9 Å². The second kappa shape index (κ2) is 5.41. The maximum absolute atomic E-state index is 13.6. The highest BCUT2D eigenvalue weighted by Gasteiger charge is 2.23. The summed E-state index contributed by atoms with van der Waals surface area (Å²) in [4.78, 5) is 10.2. The van der Waals surface area contributed by atoms with Gasteiger partial charge in [0.05, 0.1) is 6.54 Å². The van der Waals surface area contributed by atoms with Crippen LogP contribution in [0.4, 0.5) is 4.39 Å². The Kier molecular flexibility index (Phi) is 4.44. The lowest BCUT2D eigenvalue weighted by Crippen LogP contribution is -2.34. The van der Waals surface area contributed by atoms with Crippen LogP contribution in [0.15, 0.2) is 18.2 Å². The summed E-state index contributed by atoms with van der Waals surface area (Å²) in [6, 6.07) is 4.51. The van der Waals surface area contributed by atoms with Gasteiger partial charge in [0.15, 0.2) is 0 Å². The molecule has 0 aliphatic carbocycles. The number of hydrogen-bond donors (Lipinski definition) is 1. The second-order valence-corrected chi connectivity index (χ2v) is 4.74. The summed E-state index contributed by atoms with van der Waals surface area (Å²) in [5.41, 5.74) is 0.149. The van der Waals surface area contributed by atoms with Gasteiger partial charge < -0.3 is 10.1 Å². The van der Waals surface area contributed by atoms with Crippen molar-refractivity contribution in [2.45, 2.75) is 19.3 Å². The molecule has 0 amide bonds. The highest BCUT2D eigenvalue weighted by molar-refractivity contribution is 6.30. The molecule has 1 rings (SSSR count). The van der Waals surface area contributed by atoms with Crippen LogP contribution in [0.3, 0.4) is 0 Å². The molecule has 0 aliphatic heterocycles. The van der Waals surface area contributed by atoms with Crippen molar-refractivity contribution in [2.75, 3.05) is 13.1 Å². The minimum Gasteiger partial charge on any atom is -0.309 e. The molecule has 0 saturated carbocycles. The van der Waals surface area contributed by atoms with Crippen LogP contribution in [-0.2, 0) is 10.2 Å². The normalized spacial score (nSPS) is 11.5. The van der Waals surface area contributed by atoms with Crippen molar-refractivity contribution in [3.05, 3.63) is 34.6 Å². The molecule has 0 heterocycles. The van der Waals surface area contributed by atoms with Gasteiger partial charge in [-0.3, -0.25) is 0 Å². The van der Waals surface area contributed by atoms with E-state index in [1.807, 2.05) is 13.8 Å². The third-order valence-electron chi connectivity index (χ3n) is 2.45. The highest BCUT2D eigenvalue weighted by Crippen LogP contribution is 2.27. The number of nitrogens with one attached hydrogen (secondary N) is 1. The van der Waals surface area contributed by atoms with Gasteiger partial charge in [-0.2, -0.15) is 0 Å². The molecule has 1 aromatic carbocycles. The summed E-state index contributed by atoms with van der Waals surface area (Å²) in [6.07, 6.45) is 0.782. The first-order valence-electron chi connectivity index (χ1n) is 5.07. The summed E-state index contributed by atoms with van der Waals surface area (Å²) in [5, 5.41) is 3.46. The summed E-state index contributed by atoms with van der Waals surface area (Å²) in [6.45, 7) is 4.59. The van der Waals surface area contributed by atoms with E-state index in [1.54, 1.807) is 6.07 Å². The Balaban J connectivity index is 2.87. The van der Waals surface area contributed by atoms with E-state index in [9.17, 15) is 9.18 Å². The molecule has 0 atom stereocenters. The topological polar surface area (TPSA) is 29.1 Å². The van der Waals surface area contributed by atoms with Crippen LogP contribution in [0, 0.1) is 5.82 Å². The second-order valence-electron chi connectivity index (χ2n) is 4.31. The highest BCUT2D eigenvalue weighted by atomic mass is 35.5. The predicted molar refractivity (Wildman–Crippen MR) is 63.4 cm³/mol. The molecular weight excluding hydrogens is 229 g/mol. The molecule has 1 N–H and O–H groups in total. The molecular formula is C12H15ClFNO. The summed E-state index contributed by atoms with van der Waals surface area (Å²) >= 11 is 5.84. The zero-order chi connectivity index (χ0) is 12.2. The van der Waals surface area contributed by atoms with Gasteiger partial charge in [-0.1, -0.05) is 25.4 Å². The number of hydrogen-bond acceptors (Lipinski definition) is 2. The van der Waals surface area contributed by atoms with Crippen LogP contribution in [0.5, 0.6) is 0 Å². The van der Waals surface area contributed by atoms with Gasteiger partial charge in [-0.25, -0.2) is 4.39 Å². The number of rotatable bonds is 5. The van der Waals surface area contributed by atoms with Gasteiger partial charge in [0.2, 0.25) is 0 Å². The average Bonchev–Trinajstić information content (AvgIpc) is 2.22. The Morgan fingerprint density at radius 3 is 2.81 bits per heavy atom. The van der Waals surface area contributed by atoms with E-state index >= 15 is 0 Å². The van der Waals surface area contributed by atoms with E-state index in [0.717, 1.165) is 6.29 Å². The maximum Gasteiger partial charge on any atom is 0.133 e. The smallest absolute Gasteiger partial charge is 0.133 e. The molecule has 0 fully saturated rings. The third-order valence-corrected chi connectivity index (χ3v) is 2.69. The number of carbonyl (C=O) groups excluding carboxylic acids is 1. The quantitative estimate of drug-likeness (QED) is 0.636. The van der Waals surface area contributed by atoms with Gasteiger partial charge in [-0.05, 0) is 23.8 Å². The molecule has 0 saturated heterocycles. The van der Waals surface area contributed by atoms with Gasteiger partial charge in [0.25, 0.3) is 0 Å². The molecule has 0 aliphatic rings. The maximum atomic E-state index is 13.6. The number of halogens is 2. The number of carbonyl (C=O) groups is 1. The first-order valence-corrected chi connectivity index (χ1v) is 5.45. The monoisotopic (exact) mass is 243 g/mol. The summed E-state index contributed by atoms with van der Waals surface area (Å²) in [7, 11) is 0. The van der Waals surface area contributed by atoms with Crippen LogP contribution < -0.4 is 5.32 Å². The van der Waals surface area contributed by atoms with Crippen molar-refractivity contribution < 1.29 is 9.18 Å². The van der Waals surface area contributed by atoms with Crippen LogP contribution in [0.1, 0.15) is 19.4 Å². The predicted octanol–water partition coefficient (Wildman–Crippen LogP) is 2.55. The van der Waals surface area contributed by atoms with Crippen molar-refractivity contribution in [3.63, 3.8) is 0 Å². The minimum atomic E-state index is -0.405. The Morgan fingerprint density at radius 2 is 2.19 bits per heavy atom. The molecule has 4 heteroatoms. The van der Waals surface area contributed by atoms with Crippen LogP contribution in [0.2, 0.25) is 5.02 Å². The van der Waals surface area contributed by atoms with E-state index < -0.39 is 5.41 Å². The van der Waals surface area contributed by atoms with Gasteiger partial charge in [0.1, 0.15) is 12.1 Å². The lowest BCUT2D eigenvalue weighted by molar-refractivity contribution is -0.107. The first kappa shape index (κ1) is 13.1. The lowest BCUT2D eigenvalue weighted by Gasteiger charge is -2.26. The number of aldehydes is 1. The Hall–Kier alpha value is -0.930. The summed E-state index contributed by atoms with van der Waals surface area (Å²) < 4.78 is 13.6. The van der Waals surface area contributed by atoms with E-state index in [2.05, 4.69) is 5.32 Å². The van der Waals surface area contributed by atoms with Crippen molar-refractivity contribution in [1.29, 1.82) is 0 Å². The van der Waals surface area contributed by atoms with Crippen LogP contribution in [0.25, 0.3) is 0 Å². The standard InChI is InChI=1S/C12H15ClFNO/c1-12(2,8-15-5-6-16)10-7-9(13)3-4-11(10)14/h3-4,6-7,15H,5,8H2,1-2H3. The van der Waals surface area contributed by atoms with Crippen molar-refractivity contribution in [2.24, 2.45) is 0 Å². The van der Waals surface area contributed by atoms with E-state index in [-0.39, 0.29) is 12.4 Å². The SMILES string of the molecule is CC(C)(CNCC=O)c1cc(Cl)ccc1F. The van der Waals surface area contributed by atoms with Gasteiger partial charge >= 0.3 is 0 Å². The molecule has 16 heavy (non-hydrogen) atoms. The lowest BCUT2D eigenvalue weighted by atomic mass is 9.84. The van der Waals surface area contributed by atoms with Crippen molar-refractivity contribution in [3.8, 4) is 0 Å². The zero-order valence-corrected chi connectivity index (χ0v) is 10.1. The van der Waals surface area contributed by atoms with Gasteiger partial charge in [0, 0.05) is 17.0 Å². The average molecular weight is 244 g/mol. The van der Waals surface area contributed by atoms with Gasteiger partial charge in [-0.15, -0.1) is 0 Å². The molecule has 0 radical (unpaired) electrons. The molecule has 1 aromatic rings. The largest absolute Gasteiger partial charge is 0.309 e. The first-order chi connectivity index (χ1) is 7.47. The van der Waals surface area contributed by atoms with E-state index in [0.29, 0.717) is 17.1 Å². The third kappa shape index (κ3) is 3.29. The van der Waals surface area contributed by atoms with Crippen LogP contribution in [-0.4, -0.2) is 19.4 Å². The molecule has 0 aromatic heterocycles. The fourth-order valence-corrected chi connectivity index (χ4v) is 1.73. The molecule has 0 unspecified atom stereocenters.